The van der Waals surface area contributed by atoms with E-state index in [1.165, 1.54) is 0 Å². The summed E-state index contributed by atoms with van der Waals surface area (Å²) in [6.45, 7) is 0.949. The van der Waals surface area contributed by atoms with Gasteiger partial charge in [0.1, 0.15) is 5.82 Å². The zero-order valence-corrected chi connectivity index (χ0v) is 12.4. The summed E-state index contributed by atoms with van der Waals surface area (Å²) in [5, 5.41) is 3.30. The Morgan fingerprint density at radius 3 is 3.00 bits per heavy atom. The van der Waals surface area contributed by atoms with Crippen molar-refractivity contribution in [2.24, 2.45) is 5.73 Å². The number of thioether (sulfide) groups is 1. The standard InChI is InChI=1S/C14H18N4O2S/c15-6-7-16-13(19)5-8-21-9-12-17-11-4-2-1-3-10(11)14(20)18-12/h1-4H,5-9,15H2,(H,16,19)(H,17,18,20). The molecule has 0 aliphatic carbocycles. The van der Waals surface area contributed by atoms with Crippen LogP contribution in [0.1, 0.15) is 12.2 Å². The maximum absolute atomic E-state index is 11.9. The van der Waals surface area contributed by atoms with Crippen molar-refractivity contribution >= 4 is 28.6 Å². The lowest BCUT2D eigenvalue weighted by Gasteiger charge is -2.04. The number of aromatic amines is 1. The van der Waals surface area contributed by atoms with E-state index in [0.717, 1.165) is 0 Å². The highest BCUT2D eigenvalue weighted by molar-refractivity contribution is 7.98. The molecule has 1 heterocycles. The van der Waals surface area contributed by atoms with Gasteiger partial charge >= 0.3 is 0 Å². The van der Waals surface area contributed by atoms with Crippen molar-refractivity contribution in [1.82, 2.24) is 15.3 Å². The second-order valence-corrected chi connectivity index (χ2v) is 5.58. The molecule has 112 valence electrons. The van der Waals surface area contributed by atoms with Crippen LogP contribution in [0.2, 0.25) is 0 Å². The van der Waals surface area contributed by atoms with Crippen LogP contribution < -0.4 is 16.6 Å². The molecule has 21 heavy (non-hydrogen) atoms. The Bertz CT molecular complexity index is 671. The van der Waals surface area contributed by atoms with Gasteiger partial charge in [0.05, 0.1) is 16.7 Å². The first-order valence-electron chi connectivity index (χ1n) is 6.73. The van der Waals surface area contributed by atoms with E-state index in [0.29, 0.717) is 47.7 Å². The third-order valence-corrected chi connectivity index (χ3v) is 3.81. The van der Waals surface area contributed by atoms with E-state index in [9.17, 15) is 9.59 Å². The summed E-state index contributed by atoms with van der Waals surface area (Å²) >= 11 is 1.56. The number of hydrogen-bond donors (Lipinski definition) is 3. The van der Waals surface area contributed by atoms with Crippen LogP contribution in [0, 0.1) is 0 Å². The van der Waals surface area contributed by atoms with Gasteiger partial charge in [-0.3, -0.25) is 9.59 Å². The molecule has 1 aromatic heterocycles. The summed E-state index contributed by atoms with van der Waals surface area (Å²) in [4.78, 5) is 30.4. The molecular formula is C14H18N4O2S. The quantitative estimate of drug-likeness (QED) is 0.651. The fraction of sp³-hybridized carbons (Fsp3) is 0.357. The average Bonchev–Trinajstić information content (AvgIpc) is 2.49. The number of rotatable bonds is 7. The number of aromatic nitrogens is 2. The van der Waals surface area contributed by atoms with Crippen molar-refractivity contribution in [3.8, 4) is 0 Å². The minimum atomic E-state index is -0.128. The van der Waals surface area contributed by atoms with Crippen LogP contribution in [0.4, 0.5) is 0 Å². The molecule has 0 aliphatic heterocycles. The number of amides is 1. The summed E-state index contributed by atoms with van der Waals surface area (Å²) in [5.74, 6) is 1.87. The Balaban J connectivity index is 1.86. The predicted molar refractivity (Wildman–Crippen MR) is 85.2 cm³/mol. The smallest absolute Gasteiger partial charge is 0.258 e. The van der Waals surface area contributed by atoms with Crippen LogP contribution >= 0.6 is 11.8 Å². The highest BCUT2D eigenvalue weighted by Gasteiger charge is 2.04. The molecule has 2 rings (SSSR count). The Hall–Kier alpha value is -1.86. The topological polar surface area (TPSA) is 101 Å². The third-order valence-electron chi connectivity index (χ3n) is 2.84. The van der Waals surface area contributed by atoms with E-state index in [-0.39, 0.29) is 11.5 Å². The van der Waals surface area contributed by atoms with Crippen LogP contribution in [0.25, 0.3) is 10.9 Å². The van der Waals surface area contributed by atoms with E-state index < -0.39 is 0 Å². The van der Waals surface area contributed by atoms with Gasteiger partial charge in [0.2, 0.25) is 5.91 Å². The Morgan fingerprint density at radius 2 is 2.19 bits per heavy atom. The molecule has 0 saturated heterocycles. The van der Waals surface area contributed by atoms with Gasteiger partial charge in [-0.1, -0.05) is 12.1 Å². The van der Waals surface area contributed by atoms with Crippen LogP contribution in [-0.4, -0.2) is 34.7 Å². The minimum absolute atomic E-state index is 0.00656. The van der Waals surface area contributed by atoms with Gasteiger partial charge in [0.15, 0.2) is 0 Å². The number of fused-ring (bicyclic) bond motifs is 1. The zero-order chi connectivity index (χ0) is 15.1. The molecular weight excluding hydrogens is 288 g/mol. The number of H-pyrrole nitrogens is 1. The van der Waals surface area contributed by atoms with Crippen molar-refractivity contribution in [2.75, 3.05) is 18.8 Å². The van der Waals surface area contributed by atoms with Gasteiger partial charge in [-0.2, -0.15) is 11.8 Å². The number of carbonyl (C=O) groups excluding carboxylic acids is 1. The number of nitrogens with two attached hydrogens (primary N) is 1. The van der Waals surface area contributed by atoms with Crippen molar-refractivity contribution in [2.45, 2.75) is 12.2 Å². The minimum Gasteiger partial charge on any atom is -0.355 e. The molecule has 1 aromatic carbocycles. The molecule has 2 aromatic rings. The first kappa shape index (κ1) is 15.5. The largest absolute Gasteiger partial charge is 0.355 e. The molecule has 0 saturated carbocycles. The molecule has 7 heteroatoms. The fourth-order valence-electron chi connectivity index (χ4n) is 1.84. The van der Waals surface area contributed by atoms with Crippen molar-refractivity contribution in [3.63, 3.8) is 0 Å². The number of carbonyl (C=O) groups is 1. The van der Waals surface area contributed by atoms with Gasteiger partial charge < -0.3 is 16.0 Å². The van der Waals surface area contributed by atoms with Crippen LogP contribution in [0.15, 0.2) is 29.1 Å². The van der Waals surface area contributed by atoms with Gasteiger partial charge in [0, 0.05) is 25.3 Å². The molecule has 1 amide bonds. The molecule has 6 nitrogen and oxygen atoms in total. The Kier molecular flexibility index (Phi) is 5.77. The van der Waals surface area contributed by atoms with E-state index in [2.05, 4.69) is 15.3 Å². The number of nitrogens with one attached hydrogen (secondary N) is 2. The van der Waals surface area contributed by atoms with Crippen molar-refractivity contribution < 1.29 is 4.79 Å². The normalized spacial score (nSPS) is 10.7. The number of benzene rings is 1. The lowest BCUT2D eigenvalue weighted by atomic mass is 10.2. The fourth-order valence-corrected chi connectivity index (χ4v) is 2.64. The maximum Gasteiger partial charge on any atom is 0.258 e. The molecule has 0 unspecified atom stereocenters. The highest BCUT2D eigenvalue weighted by atomic mass is 32.2. The molecule has 0 bridgehead atoms. The molecule has 0 radical (unpaired) electrons. The summed E-state index contributed by atoms with van der Waals surface area (Å²) in [7, 11) is 0. The van der Waals surface area contributed by atoms with E-state index >= 15 is 0 Å². The van der Waals surface area contributed by atoms with Crippen molar-refractivity contribution in [3.05, 3.63) is 40.4 Å². The SMILES string of the molecule is NCCNC(=O)CCSCc1nc2ccccc2c(=O)[nH]1. The number of nitrogens with zero attached hydrogens (tertiary/aromatic N) is 1. The summed E-state index contributed by atoms with van der Waals surface area (Å²) in [6, 6.07) is 7.24. The van der Waals surface area contributed by atoms with Crippen LogP contribution in [0.3, 0.4) is 0 Å². The second-order valence-electron chi connectivity index (χ2n) is 4.47. The maximum atomic E-state index is 11.9. The van der Waals surface area contributed by atoms with Crippen LogP contribution in [-0.2, 0) is 10.5 Å². The molecule has 4 N–H and O–H groups in total. The lowest BCUT2D eigenvalue weighted by molar-refractivity contribution is -0.120. The summed E-state index contributed by atoms with van der Waals surface area (Å²) < 4.78 is 0. The van der Waals surface area contributed by atoms with E-state index in [1.54, 1.807) is 17.8 Å². The summed E-state index contributed by atoms with van der Waals surface area (Å²) in [5.41, 5.74) is 5.87. The van der Waals surface area contributed by atoms with Crippen LogP contribution in [0.5, 0.6) is 0 Å². The predicted octanol–water partition coefficient (Wildman–Crippen LogP) is 0.621. The molecule has 0 fully saturated rings. The molecule has 0 atom stereocenters. The average molecular weight is 306 g/mol. The third kappa shape index (κ3) is 4.57. The number of hydrogen-bond acceptors (Lipinski definition) is 5. The summed E-state index contributed by atoms with van der Waals surface area (Å²) in [6.07, 6.45) is 0.433. The Morgan fingerprint density at radius 1 is 1.38 bits per heavy atom. The first-order valence-corrected chi connectivity index (χ1v) is 7.88. The van der Waals surface area contributed by atoms with Gasteiger partial charge in [-0.05, 0) is 12.1 Å². The molecule has 0 spiro atoms. The van der Waals surface area contributed by atoms with Gasteiger partial charge in [-0.25, -0.2) is 4.98 Å². The van der Waals surface area contributed by atoms with Gasteiger partial charge in [-0.15, -0.1) is 0 Å². The molecule has 0 aliphatic rings. The Labute approximate surface area is 126 Å². The zero-order valence-electron chi connectivity index (χ0n) is 11.6. The highest BCUT2D eigenvalue weighted by Crippen LogP contribution is 2.11. The van der Waals surface area contributed by atoms with E-state index in [4.69, 9.17) is 5.73 Å². The van der Waals surface area contributed by atoms with E-state index in [1.807, 2.05) is 18.2 Å². The lowest BCUT2D eigenvalue weighted by Crippen LogP contribution is -2.29. The van der Waals surface area contributed by atoms with Crippen molar-refractivity contribution in [1.29, 1.82) is 0 Å². The second kappa shape index (κ2) is 7.80. The van der Waals surface area contributed by atoms with Gasteiger partial charge in [0.25, 0.3) is 5.56 Å². The number of para-hydroxylation sites is 1. The monoisotopic (exact) mass is 306 g/mol. The first-order chi connectivity index (χ1) is 10.2.